The minimum absolute atomic E-state index is 0.00464. The average molecular weight is 321 g/mol. The molecule has 0 aliphatic heterocycles. The summed E-state index contributed by atoms with van der Waals surface area (Å²) in [6.45, 7) is 3.09. The van der Waals surface area contributed by atoms with Crippen LogP contribution in [0.25, 0.3) is 11.1 Å². The molecule has 1 aromatic carbocycles. The molecule has 0 bridgehead atoms. The number of hydrogen-bond donors (Lipinski definition) is 1. The van der Waals surface area contributed by atoms with E-state index in [4.69, 9.17) is 16.7 Å². The summed E-state index contributed by atoms with van der Waals surface area (Å²) in [7, 11) is 0. The van der Waals surface area contributed by atoms with Crippen LogP contribution in [0.5, 0.6) is 0 Å². The van der Waals surface area contributed by atoms with Crippen molar-refractivity contribution in [3.8, 4) is 11.1 Å². The lowest BCUT2D eigenvalue weighted by molar-refractivity contribution is -0.136. The van der Waals surface area contributed by atoms with Gasteiger partial charge in [-0.25, -0.2) is 0 Å². The maximum Gasteiger partial charge on any atom is 0.307 e. The van der Waals surface area contributed by atoms with E-state index in [-0.39, 0.29) is 6.42 Å². The number of carboxylic acids is 1. The third-order valence-corrected chi connectivity index (χ3v) is 3.90. The lowest BCUT2D eigenvalue weighted by Gasteiger charge is -2.05. The normalized spacial score (nSPS) is 10.8. The smallest absolute Gasteiger partial charge is 0.307 e. The molecule has 1 aromatic heterocycles. The van der Waals surface area contributed by atoms with Crippen LogP contribution >= 0.6 is 11.6 Å². The summed E-state index contributed by atoms with van der Waals surface area (Å²) >= 11 is 6.24. The molecule has 2 aromatic rings. The zero-order valence-corrected chi connectivity index (χ0v) is 13.5. The second kappa shape index (κ2) is 7.99. The van der Waals surface area contributed by atoms with E-state index in [1.165, 1.54) is 19.3 Å². The first-order valence-electron chi connectivity index (χ1n) is 7.63. The molecule has 0 saturated heterocycles. The van der Waals surface area contributed by atoms with Crippen molar-refractivity contribution >= 4 is 17.6 Å². The number of aliphatic carboxylic acids is 1. The quantitative estimate of drug-likeness (QED) is 0.733. The van der Waals surface area contributed by atoms with Gasteiger partial charge in [-0.1, -0.05) is 43.9 Å². The van der Waals surface area contributed by atoms with Gasteiger partial charge in [-0.3, -0.25) is 9.48 Å². The van der Waals surface area contributed by atoms with Crippen molar-refractivity contribution in [2.45, 2.75) is 45.6 Å². The Bertz CT molecular complexity index is 637. The first-order valence-corrected chi connectivity index (χ1v) is 8.01. The molecule has 22 heavy (non-hydrogen) atoms. The number of nitrogens with zero attached hydrogens (tertiary/aromatic N) is 2. The van der Waals surface area contributed by atoms with Crippen LogP contribution < -0.4 is 0 Å². The molecule has 1 N–H and O–H groups in total. The Labute approximate surface area is 135 Å². The Balaban J connectivity index is 2.10. The van der Waals surface area contributed by atoms with Crippen LogP contribution in [0.15, 0.2) is 30.6 Å². The predicted molar refractivity (Wildman–Crippen MR) is 88.2 cm³/mol. The second-order valence-corrected chi connectivity index (χ2v) is 5.84. The standard InChI is InChI=1S/C17H21ClN2O2/c1-2-3-4-5-8-20-12-14(11-19-20)15-9-13(10-17(21)22)6-7-16(15)18/h6-7,9,11-12H,2-5,8,10H2,1H3,(H,21,22). The summed E-state index contributed by atoms with van der Waals surface area (Å²) in [5.74, 6) is -0.847. The molecule has 0 aliphatic carbocycles. The molecule has 0 aliphatic rings. The summed E-state index contributed by atoms with van der Waals surface area (Å²) in [6, 6.07) is 5.32. The Hall–Kier alpha value is -1.81. The molecule has 4 nitrogen and oxygen atoms in total. The molecule has 1 heterocycles. The van der Waals surface area contributed by atoms with E-state index in [0.717, 1.165) is 29.7 Å². The third-order valence-electron chi connectivity index (χ3n) is 3.57. The highest BCUT2D eigenvalue weighted by molar-refractivity contribution is 6.33. The Kier molecular flexibility index (Phi) is 6.01. The molecule has 0 spiro atoms. The molecular weight excluding hydrogens is 300 g/mol. The summed E-state index contributed by atoms with van der Waals surface area (Å²) in [5, 5.41) is 13.9. The minimum atomic E-state index is -0.847. The van der Waals surface area contributed by atoms with E-state index < -0.39 is 5.97 Å². The molecule has 0 radical (unpaired) electrons. The van der Waals surface area contributed by atoms with Crippen LogP contribution in [0.4, 0.5) is 0 Å². The van der Waals surface area contributed by atoms with Crippen molar-refractivity contribution in [2.24, 2.45) is 0 Å². The lowest BCUT2D eigenvalue weighted by Crippen LogP contribution is -2.00. The molecule has 0 saturated carbocycles. The highest BCUT2D eigenvalue weighted by Gasteiger charge is 2.09. The molecule has 0 fully saturated rings. The van der Waals surface area contributed by atoms with Gasteiger partial charge < -0.3 is 5.11 Å². The molecule has 0 amide bonds. The number of aryl methyl sites for hydroxylation is 1. The van der Waals surface area contributed by atoms with Crippen LogP contribution in [0, 0.1) is 0 Å². The lowest BCUT2D eigenvalue weighted by atomic mass is 10.0. The Morgan fingerprint density at radius 3 is 2.86 bits per heavy atom. The van der Waals surface area contributed by atoms with E-state index in [2.05, 4.69) is 12.0 Å². The van der Waals surface area contributed by atoms with Gasteiger partial charge in [-0.15, -0.1) is 0 Å². The fourth-order valence-electron chi connectivity index (χ4n) is 2.40. The fourth-order valence-corrected chi connectivity index (χ4v) is 2.63. The van der Waals surface area contributed by atoms with Gasteiger partial charge in [-0.05, 0) is 24.1 Å². The van der Waals surface area contributed by atoms with Crippen molar-refractivity contribution in [2.75, 3.05) is 0 Å². The van der Waals surface area contributed by atoms with E-state index in [1.807, 2.05) is 16.9 Å². The highest BCUT2D eigenvalue weighted by Crippen LogP contribution is 2.28. The molecule has 2 rings (SSSR count). The van der Waals surface area contributed by atoms with Gasteiger partial charge in [0, 0.05) is 28.9 Å². The Morgan fingerprint density at radius 2 is 2.14 bits per heavy atom. The van der Waals surface area contributed by atoms with Gasteiger partial charge in [0.05, 0.1) is 12.6 Å². The number of halogens is 1. The summed E-state index contributed by atoms with van der Waals surface area (Å²) in [6.07, 6.45) is 8.54. The van der Waals surface area contributed by atoms with E-state index in [9.17, 15) is 4.79 Å². The molecular formula is C17H21ClN2O2. The largest absolute Gasteiger partial charge is 0.481 e. The summed E-state index contributed by atoms with van der Waals surface area (Å²) in [4.78, 5) is 10.8. The SMILES string of the molecule is CCCCCCn1cc(-c2cc(CC(=O)O)ccc2Cl)cn1. The van der Waals surface area contributed by atoms with Gasteiger partial charge in [-0.2, -0.15) is 5.10 Å². The van der Waals surface area contributed by atoms with Crippen molar-refractivity contribution in [3.63, 3.8) is 0 Å². The maximum absolute atomic E-state index is 10.8. The second-order valence-electron chi connectivity index (χ2n) is 5.44. The number of hydrogen-bond acceptors (Lipinski definition) is 2. The molecule has 0 atom stereocenters. The molecule has 0 unspecified atom stereocenters. The van der Waals surface area contributed by atoms with Gasteiger partial charge in [0.25, 0.3) is 0 Å². The van der Waals surface area contributed by atoms with Gasteiger partial charge in [0.2, 0.25) is 0 Å². The van der Waals surface area contributed by atoms with E-state index in [1.54, 1.807) is 18.3 Å². The van der Waals surface area contributed by atoms with Crippen molar-refractivity contribution in [1.82, 2.24) is 9.78 Å². The van der Waals surface area contributed by atoms with Crippen LogP contribution in [0.3, 0.4) is 0 Å². The van der Waals surface area contributed by atoms with Crippen LogP contribution in [0.1, 0.15) is 38.2 Å². The third kappa shape index (κ3) is 4.60. The van der Waals surface area contributed by atoms with Crippen LogP contribution in [-0.2, 0) is 17.8 Å². The van der Waals surface area contributed by atoms with Crippen molar-refractivity contribution in [1.29, 1.82) is 0 Å². The highest BCUT2D eigenvalue weighted by atomic mass is 35.5. The maximum atomic E-state index is 10.8. The number of aromatic nitrogens is 2. The number of unbranched alkanes of at least 4 members (excludes halogenated alkanes) is 3. The van der Waals surface area contributed by atoms with Gasteiger partial charge in [0.1, 0.15) is 0 Å². The monoisotopic (exact) mass is 320 g/mol. The van der Waals surface area contributed by atoms with Crippen LogP contribution in [0.2, 0.25) is 5.02 Å². The number of rotatable bonds is 8. The molecule has 5 heteroatoms. The van der Waals surface area contributed by atoms with E-state index in [0.29, 0.717) is 5.02 Å². The first kappa shape index (κ1) is 16.6. The first-order chi connectivity index (χ1) is 10.6. The summed E-state index contributed by atoms with van der Waals surface area (Å²) < 4.78 is 1.92. The zero-order chi connectivity index (χ0) is 15.9. The van der Waals surface area contributed by atoms with E-state index >= 15 is 0 Å². The Morgan fingerprint density at radius 1 is 1.32 bits per heavy atom. The van der Waals surface area contributed by atoms with Crippen molar-refractivity contribution in [3.05, 3.63) is 41.2 Å². The number of benzene rings is 1. The van der Waals surface area contributed by atoms with Crippen LogP contribution in [-0.4, -0.2) is 20.9 Å². The predicted octanol–water partition coefficient (Wildman–Crippen LogP) is 4.41. The van der Waals surface area contributed by atoms with Gasteiger partial charge in [0.15, 0.2) is 0 Å². The molecule has 118 valence electrons. The topological polar surface area (TPSA) is 55.1 Å². The summed E-state index contributed by atoms with van der Waals surface area (Å²) in [5.41, 5.74) is 2.50. The average Bonchev–Trinajstić information content (AvgIpc) is 2.94. The van der Waals surface area contributed by atoms with Crippen molar-refractivity contribution < 1.29 is 9.90 Å². The fraction of sp³-hybridized carbons (Fsp3) is 0.412. The number of carbonyl (C=O) groups is 1. The zero-order valence-electron chi connectivity index (χ0n) is 12.8. The minimum Gasteiger partial charge on any atom is -0.481 e. The van der Waals surface area contributed by atoms with Gasteiger partial charge >= 0.3 is 5.97 Å². The number of carboxylic acid groups (broad SMARTS) is 1.